The van der Waals surface area contributed by atoms with Crippen molar-refractivity contribution in [3.8, 4) is 0 Å². The fourth-order valence-electron chi connectivity index (χ4n) is 1.25. The molecule has 0 spiro atoms. The SMILES string of the molecule is O=C(O)CNC(=O)CCC(=O)Nc1ccc(Cl)cc1. The van der Waals surface area contributed by atoms with Crippen molar-refractivity contribution in [1.29, 1.82) is 0 Å². The Morgan fingerprint density at radius 1 is 1.05 bits per heavy atom. The van der Waals surface area contributed by atoms with Crippen LogP contribution in [0.3, 0.4) is 0 Å². The third kappa shape index (κ3) is 6.42. The van der Waals surface area contributed by atoms with Gasteiger partial charge in [0, 0.05) is 23.6 Å². The van der Waals surface area contributed by atoms with Crippen LogP contribution in [-0.2, 0) is 14.4 Å². The predicted octanol–water partition coefficient (Wildman–Crippen LogP) is 1.26. The molecule has 102 valence electrons. The zero-order chi connectivity index (χ0) is 14.3. The lowest BCUT2D eigenvalue weighted by Crippen LogP contribution is -2.29. The second-order valence-corrected chi connectivity index (χ2v) is 4.16. The second kappa shape index (κ2) is 7.38. The van der Waals surface area contributed by atoms with Crippen molar-refractivity contribution < 1.29 is 19.5 Å². The van der Waals surface area contributed by atoms with Gasteiger partial charge in [0.05, 0.1) is 0 Å². The molecule has 0 aromatic heterocycles. The number of nitrogens with one attached hydrogen (secondary N) is 2. The summed E-state index contributed by atoms with van der Waals surface area (Å²) >= 11 is 5.70. The summed E-state index contributed by atoms with van der Waals surface area (Å²) in [6.45, 7) is -0.447. The van der Waals surface area contributed by atoms with Gasteiger partial charge in [-0.15, -0.1) is 0 Å². The molecule has 3 N–H and O–H groups in total. The Bertz CT molecular complexity index is 473. The van der Waals surface area contributed by atoms with E-state index in [9.17, 15) is 14.4 Å². The summed E-state index contributed by atoms with van der Waals surface area (Å²) < 4.78 is 0. The van der Waals surface area contributed by atoms with Gasteiger partial charge in [-0.05, 0) is 24.3 Å². The number of carbonyl (C=O) groups excluding carboxylic acids is 2. The molecule has 0 fully saturated rings. The average Bonchev–Trinajstić information content (AvgIpc) is 2.36. The van der Waals surface area contributed by atoms with Crippen LogP contribution in [-0.4, -0.2) is 29.4 Å². The number of aliphatic carboxylic acids is 1. The van der Waals surface area contributed by atoms with Gasteiger partial charge in [0.2, 0.25) is 11.8 Å². The maximum atomic E-state index is 11.5. The van der Waals surface area contributed by atoms with E-state index in [1.807, 2.05) is 0 Å². The molecule has 2 amide bonds. The molecule has 0 aliphatic rings. The number of carbonyl (C=O) groups is 3. The molecule has 0 unspecified atom stereocenters. The van der Waals surface area contributed by atoms with E-state index >= 15 is 0 Å². The highest BCUT2D eigenvalue weighted by atomic mass is 35.5. The molecule has 19 heavy (non-hydrogen) atoms. The van der Waals surface area contributed by atoms with E-state index in [4.69, 9.17) is 16.7 Å². The Kier molecular flexibility index (Phi) is 5.81. The second-order valence-electron chi connectivity index (χ2n) is 3.73. The van der Waals surface area contributed by atoms with Crippen molar-refractivity contribution in [1.82, 2.24) is 5.32 Å². The van der Waals surface area contributed by atoms with E-state index in [1.54, 1.807) is 24.3 Å². The topological polar surface area (TPSA) is 95.5 Å². The minimum atomic E-state index is -1.13. The molecule has 0 heterocycles. The van der Waals surface area contributed by atoms with Gasteiger partial charge in [-0.25, -0.2) is 0 Å². The van der Waals surface area contributed by atoms with Crippen LogP contribution < -0.4 is 10.6 Å². The summed E-state index contributed by atoms with van der Waals surface area (Å²) in [5.41, 5.74) is 0.584. The molecule has 0 aliphatic heterocycles. The Balaban J connectivity index is 2.29. The Morgan fingerprint density at radius 2 is 1.63 bits per heavy atom. The highest BCUT2D eigenvalue weighted by Gasteiger charge is 2.08. The number of carboxylic acid groups (broad SMARTS) is 1. The number of halogens is 1. The van der Waals surface area contributed by atoms with Gasteiger partial charge >= 0.3 is 5.97 Å². The lowest BCUT2D eigenvalue weighted by atomic mass is 10.2. The molecule has 0 aliphatic carbocycles. The van der Waals surface area contributed by atoms with Crippen LogP contribution in [0.1, 0.15) is 12.8 Å². The first-order chi connectivity index (χ1) is 8.97. The number of anilines is 1. The molecule has 1 aromatic rings. The quantitative estimate of drug-likeness (QED) is 0.733. The summed E-state index contributed by atoms with van der Waals surface area (Å²) in [5, 5.41) is 13.7. The zero-order valence-electron chi connectivity index (χ0n) is 9.98. The number of rotatable bonds is 6. The number of hydrogen-bond acceptors (Lipinski definition) is 3. The molecule has 0 atom stereocenters. The fourth-order valence-corrected chi connectivity index (χ4v) is 1.37. The first-order valence-electron chi connectivity index (χ1n) is 5.51. The fraction of sp³-hybridized carbons (Fsp3) is 0.250. The van der Waals surface area contributed by atoms with Gasteiger partial charge in [-0.1, -0.05) is 11.6 Å². The molecule has 0 saturated carbocycles. The monoisotopic (exact) mass is 284 g/mol. The standard InChI is InChI=1S/C12H13ClN2O4/c13-8-1-3-9(4-2-8)15-11(17)6-5-10(16)14-7-12(18)19/h1-4H,5-7H2,(H,14,16)(H,15,17)(H,18,19). The molecule has 0 radical (unpaired) electrons. The van der Waals surface area contributed by atoms with E-state index in [-0.39, 0.29) is 18.7 Å². The normalized spacial score (nSPS) is 9.74. The number of benzene rings is 1. The van der Waals surface area contributed by atoms with Gasteiger partial charge in [-0.2, -0.15) is 0 Å². The van der Waals surface area contributed by atoms with Gasteiger partial charge < -0.3 is 15.7 Å². The van der Waals surface area contributed by atoms with Crippen LogP contribution >= 0.6 is 11.6 Å². The maximum absolute atomic E-state index is 11.5. The highest BCUT2D eigenvalue weighted by molar-refractivity contribution is 6.30. The van der Waals surface area contributed by atoms with Crippen LogP contribution in [0, 0.1) is 0 Å². The van der Waals surface area contributed by atoms with Crippen LogP contribution in [0.15, 0.2) is 24.3 Å². The summed E-state index contributed by atoms with van der Waals surface area (Å²) in [5.74, 6) is -1.93. The number of amides is 2. The van der Waals surface area contributed by atoms with Gasteiger partial charge in [0.1, 0.15) is 6.54 Å². The van der Waals surface area contributed by atoms with Crippen LogP contribution in [0.25, 0.3) is 0 Å². The zero-order valence-corrected chi connectivity index (χ0v) is 10.7. The lowest BCUT2D eigenvalue weighted by molar-refractivity contribution is -0.138. The number of carboxylic acids is 1. The summed E-state index contributed by atoms with van der Waals surface area (Å²) in [6.07, 6.45) is -0.0826. The third-order valence-electron chi connectivity index (χ3n) is 2.14. The minimum absolute atomic E-state index is 0.0198. The predicted molar refractivity (Wildman–Crippen MR) is 70.0 cm³/mol. The molecule has 1 aromatic carbocycles. The summed E-state index contributed by atoms with van der Waals surface area (Å²) in [6, 6.07) is 6.56. The highest BCUT2D eigenvalue weighted by Crippen LogP contribution is 2.13. The Morgan fingerprint density at radius 3 is 2.21 bits per heavy atom. The largest absolute Gasteiger partial charge is 0.480 e. The smallest absolute Gasteiger partial charge is 0.322 e. The van der Waals surface area contributed by atoms with E-state index in [0.717, 1.165) is 0 Å². The molecule has 6 nitrogen and oxygen atoms in total. The van der Waals surface area contributed by atoms with E-state index < -0.39 is 18.4 Å². The minimum Gasteiger partial charge on any atom is -0.480 e. The van der Waals surface area contributed by atoms with Crippen LogP contribution in [0.2, 0.25) is 5.02 Å². The van der Waals surface area contributed by atoms with Crippen LogP contribution in [0.5, 0.6) is 0 Å². The first-order valence-corrected chi connectivity index (χ1v) is 5.89. The van der Waals surface area contributed by atoms with Crippen molar-refractivity contribution in [3.05, 3.63) is 29.3 Å². The first kappa shape index (κ1) is 15.0. The Labute approximate surface area is 114 Å². The van der Waals surface area contributed by atoms with E-state index in [0.29, 0.717) is 10.7 Å². The van der Waals surface area contributed by atoms with Gasteiger partial charge in [-0.3, -0.25) is 14.4 Å². The van der Waals surface area contributed by atoms with Crippen molar-refractivity contribution in [3.63, 3.8) is 0 Å². The maximum Gasteiger partial charge on any atom is 0.322 e. The molecule has 0 saturated heterocycles. The molecule has 0 bridgehead atoms. The third-order valence-corrected chi connectivity index (χ3v) is 2.40. The summed E-state index contributed by atoms with van der Waals surface area (Å²) in [4.78, 5) is 32.9. The molecular formula is C12H13ClN2O4. The van der Waals surface area contributed by atoms with E-state index in [2.05, 4.69) is 10.6 Å². The van der Waals surface area contributed by atoms with E-state index in [1.165, 1.54) is 0 Å². The van der Waals surface area contributed by atoms with Crippen molar-refractivity contribution in [2.75, 3.05) is 11.9 Å². The van der Waals surface area contributed by atoms with Gasteiger partial charge in [0.15, 0.2) is 0 Å². The average molecular weight is 285 g/mol. The molecule has 1 rings (SSSR count). The molecule has 7 heteroatoms. The van der Waals surface area contributed by atoms with Crippen molar-refractivity contribution in [2.45, 2.75) is 12.8 Å². The lowest BCUT2D eigenvalue weighted by Gasteiger charge is -2.05. The Hall–Kier alpha value is -2.08. The van der Waals surface area contributed by atoms with Crippen molar-refractivity contribution >= 4 is 35.1 Å². The van der Waals surface area contributed by atoms with Gasteiger partial charge in [0.25, 0.3) is 0 Å². The summed E-state index contributed by atoms with van der Waals surface area (Å²) in [7, 11) is 0. The van der Waals surface area contributed by atoms with Crippen molar-refractivity contribution in [2.24, 2.45) is 0 Å². The van der Waals surface area contributed by atoms with Crippen LogP contribution in [0.4, 0.5) is 5.69 Å². The molecular weight excluding hydrogens is 272 g/mol. The number of hydrogen-bond donors (Lipinski definition) is 3.